The molecule has 2 N–H and O–H groups in total. The molecule has 2 amide bonds. The fraction of sp³-hybridized carbons (Fsp3) is 0.773. The van der Waals surface area contributed by atoms with Gasteiger partial charge in [-0.15, -0.1) is 11.8 Å². The van der Waals surface area contributed by atoms with Crippen LogP contribution < -0.4 is 5.32 Å². The van der Waals surface area contributed by atoms with Gasteiger partial charge in [0.25, 0.3) is 0 Å². The second-order valence-electron chi connectivity index (χ2n) is 8.96. The lowest BCUT2D eigenvalue weighted by molar-refractivity contribution is -0.133. The number of nitrogens with zero attached hydrogens (tertiary/aromatic N) is 2. The summed E-state index contributed by atoms with van der Waals surface area (Å²) in [5.74, 6) is 0.634. The van der Waals surface area contributed by atoms with Crippen LogP contribution in [-0.4, -0.2) is 44.8 Å². The molecule has 2 aliphatic carbocycles. The molecule has 0 radical (unpaired) electrons. The molecule has 168 valence electrons. The minimum atomic E-state index is -0.851. The largest absolute Gasteiger partial charge is 0.481 e. The maximum atomic E-state index is 13.4. The van der Waals surface area contributed by atoms with E-state index in [1.54, 1.807) is 6.20 Å². The van der Waals surface area contributed by atoms with Crippen molar-refractivity contribution in [3.05, 3.63) is 6.20 Å². The van der Waals surface area contributed by atoms with Crippen LogP contribution in [0.2, 0.25) is 0 Å². The van der Waals surface area contributed by atoms with Gasteiger partial charge >= 0.3 is 12.0 Å². The van der Waals surface area contributed by atoms with Gasteiger partial charge in [-0.3, -0.25) is 10.1 Å². The summed E-state index contributed by atoms with van der Waals surface area (Å²) in [5.41, 5.74) is 0. The van der Waals surface area contributed by atoms with Crippen molar-refractivity contribution in [2.75, 3.05) is 11.1 Å². The number of hydrogen-bond donors (Lipinski definition) is 2. The Morgan fingerprint density at radius 2 is 1.77 bits per heavy atom. The number of carboxylic acids is 1. The van der Waals surface area contributed by atoms with Gasteiger partial charge in [0.1, 0.15) is 0 Å². The van der Waals surface area contributed by atoms with Crippen LogP contribution in [0.15, 0.2) is 10.4 Å². The predicted octanol–water partition coefficient (Wildman–Crippen LogP) is 6.09. The number of urea groups is 1. The van der Waals surface area contributed by atoms with E-state index in [4.69, 9.17) is 5.11 Å². The number of carboxylic acid groups (broad SMARTS) is 1. The standard InChI is InChI=1S/C22H35N3O3S2/c1-15(2)16-9-11-18(12-10-16)25(17-7-5-3-4-6-8-17)22(28)24-21-23-13-20(30-21)29-14-19(26)27/h13,15-18H,3-12,14H2,1-2H3,(H,26,27)(H,23,24,28). The molecule has 0 spiro atoms. The highest BCUT2D eigenvalue weighted by Gasteiger charge is 2.34. The molecule has 8 heteroatoms. The summed E-state index contributed by atoms with van der Waals surface area (Å²) < 4.78 is 0.811. The molecule has 0 aromatic carbocycles. The molecule has 2 fully saturated rings. The van der Waals surface area contributed by atoms with Crippen LogP contribution in [0.4, 0.5) is 9.93 Å². The van der Waals surface area contributed by atoms with Crippen LogP contribution in [0.25, 0.3) is 0 Å². The molecule has 2 aliphatic rings. The van der Waals surface area contributed by atoms with E-state index >= 15 is 0 Å². The number of amides is 2. The normalized spacial score (nSPS) is 23.2. The average Bonchev–Trinajstić information content (AvgIpc) is 2.99. The van der Waals surface area contributed by atoms with E-state index in [2.05, 4.69) is 29.0 Å². The van der Waals surface area contributed by atoms with Gasteiger partial charge in [0.05, 0.1) is 16.2 Å². The maximum absolute atomic E-state index is 13.4. The van der Waals surface area contributed by atoms with Crippen LogP contribution in [0.5, 0.6) is 0 Å². The van der Waals surface area contributed by atoms with Crippen molar-refractivity contribution in [2.45, 2.75) is 94.3 Å². The summed E-state index contributed by atoms with van der Waals surface area (Å²) in [6.45, 7) is 4.62. The fourth-order valence-corrected chi connectivity index (χ4v) is 6.47. The Morgan fingerprint density at radius 3 is 2.37 bits per heavy atom. The summed E-state index contributed by atoms with van der Waals surface area (Å²) in [6, 6.07) is 0.594. The van der Waals surface area contributed by atoms with Gasteiger partial charge in [-0.05, 0) is 50.4 Å². The van der Waals surface area contributed by atoms with Crippen LogP contribution in [0.1, 0.15) is 78.1 Å². The van der Waals surface area contributed by atoms with Crippen molar-refractivity contribution in [1.29, 1.82) is 0 Å². The summed E-state index contributed by atoms with van der Waals surface area (Å²) in [7, 11) is 0. The van der Waals surface area contributed by atoms with E-state index in [-0.39, 0.29) is 11.8 Å². The van der Waals surface area contributed by atoms with E-state index in [9.17, 15) is 9.59 Å². The number of hydrogen-bond acceptors (Lipinski definition) is 5. The van der Waals surface area contributed by atoms with Crippen molar-refractivity contribution in [2.24, 2.45) is 11.8 Å². The Hall–Kier alpha value is -1.28. The minimum Gasteiger partial charge on any atom is -0.481 e. The molecule has 0 unspecified atom stereocenters. The number of rotatable bonds is 7. The molecule has 1 aromatic heterocycles. The highest BCUT2D eigenvalue weighted by Crippen LogP contribution is 2.36. The number of nitrogens with one attached hydrogen (secondary N) is 1. The third-order valence-corrected chi connectivity index (χ3v) is 8.66. The molecule has 0 saturated heterocycles. The first kappa shape index (κ1) is 23.4. The van der Waals surface area contributed by atoms with Gasteiger partial charge in [0.2, 0.25) is 0 Å². The van der Waals surface area contributed by atoms with Crippen molar-refractivity contribution in [1.82, 2.24) is 9.88 Å². The Morgan fingerprint density at radius 1 is 1.13 bits per heavy atom. The topological polar surface area (TPSA) is 82.5 Å². The number of thiazole rings is 1. The van der Waals surface area contributed by atoms with Crippen molar-refractivity contribution >= 4 is 40.2 Å². The van der Waals surface area contributed by atoms with Crippen molar-refractivity contribution in [3.63, 3.8) is 0 Å². The van der Waals surface area contributed by atoms with Crippen LogP contribution in [0, 0.1) is 11.8 Å². The number of aliphatic carboxylic acids is 1. The maximum Gasteiger partial charge on any atom is 0.324 e. The molecule has 30 heavy (non-hydrogen) atoms. The van der Waals surface area contributed by atoms with E-state index in [1.807, 2.05) is 0 Å². The number of anilines is 1. The molecule has 0 atom stereocenters. The van der Waals surface area contributed by atoms with E-state index in [0.717, 1.165) is 35.8 Å². The molecule has 2 saturated carbocycles. The first-order valence-electron chi connectivity index (χ1n) is 11.3. The van der Waals surface area contributed by atoms with Crippen molar-refractivity contribution in [3.8, 4) is 0 Å². The third kappa shape index (κ3) is 6.61. The summed E-state index contributed by atoms with van der Waals surface area (Å²) in [6.07, 6.45) is 13.3. The molecular weight excluding hydrogens is 418 g/mol. The summed E-state index contributed by atoms with van der Waals surface area (Å²) in [4.78, 5) is 30.6. The van der Waals surface area contributed by atoms with Crippen LogP contribution in [-0.2, 0) is 4.79 Å². The number of carbonyl (C=O) groups excluding carboxylic acids is 1. The predicted molar refractivity (Wildman–Crippen MR) is 123 cm³/mol. The molecule has 0 bridgehead atoms. The molecule has 0 aliphatic heterocycles. The Kier molecular flexibility index (Phi) is 8.86. The van der Waals surface area contributed by atoms with Gasteiger partial charge in [-0.2, -0.15) is 0 Å². The Bertz CT molecular complexity index is 694. The second-order valence-corrected chi connectivity index (χ2v) is 11.3. The van der Waals surface area contributed by atoms with E-state index in [0.29, 0.717) is 23.1 Å². The van der Waals surface area contributed by atoms with E-state index in [1.165, 1.54) is 61.6 Å². The third-order valence-electron chi connectivity index (χ3n) is 6.57. The highest BCUT2D eigenvalue weighted by atomic mass is 32.2. The zero-order chi connectivity index (χ0) is 21.5. The first-order chi connectivity index (χ1) is 14.4. The monoisotopic (exact) mass is 453 g/mol. The van der Waals surface area contributed by atoms with Gasteiger partial charge < -0.3 is 10.0 Å². The fourth-order valence-electron chi connectivity index (χ4n) is 4.88. The molecule has 1 aromatic rings. The zero-order valence-corrected chi connectivity index (χ0v) is 19.8. The lowest BCUT2D eigenvalue weighted by Crippen LogP contribution is -2.50. The number of thioether (sulfide) groups is 1. The molecule has 6 nitrogen and oxygen atoms in total. The van der Waals surface area contributed by atoms with E-state index < -0.39 is 5.97 Å². The molecular formula is C22H35N3O3S2. The van der Waals surface area contributed by atoms with Crippen LogP contribution >= 0.6 is 23.1 Å². The van der Waals surface area contributed by atoms with Crippen molar-refractivity contribution < 1.29 is 14.7 Å². The second kappa shape index (κ2) is 11.4. The lowest BCUT2D eigenvalue weighted by atomic mass is 9.79. The number of aromatic nitrogens is 1. The van der Waals surface area contributed by atoms with Gasteiger partial charge in [-0.25, -0.2) is 9.78 Å². The first-order valence-corrected chi connectivity index (χ1v) is 13.1. The summed E-state index contributed by atoms with van der Waals surface area (Å²) >= 11 is 2.59. The minimum absolute atomic E-state index is 0.00285. The van der Waals surface area contributed by atoms with Gasteiger partial charge in [0, 0.05) is 12.1 Å². The van der Waals surface area contributed by atoms with Gasteiger partial charge in [0.15, 0.2) is 5.13 Å². The molecule has 3 rings (SSSR count). The summed E-state index contributed by atoms with van der Waals surface area (Å²) in [5, 5.41) is 12.4. The lowest BCUT2D eigenvalue weighted by Gasteiger charge is -2.42. The highest BCUT2D eigenvalue weighted by molar-refractivity contribution is 8.01. The molecule has 1 heterocycles. The van der Waals surface area contributed by atoms with Crippen LogP contribution in [0.3, 0.4) is 0 Å². The Balaban J connectivity index is 1.68. The Labute approximate surface area is 188 Å². The number of carbonyl (C=O) groups is 2. The zero-order valence-electron chi connectivity index (χ0n) is 18.1. The van der Waals surface area contributed by atoms with Gasteiger partial charge in [-0.1, -0.05) is 50.9 Å². The quantitative estimate of drug-likeness (QED) is 0.385. The average molecular weight is 454 g/mol. The SMILES string of the molecule is CC(C)C1CCC(N(C(=O)Nc2ncc(SCC(=O)O)s2)C2CCCCCC2)CC1. The smallest absolute Gasteiger partial charge is 0.324 e.